The molecule has 0 spiro atoms. The van der Waals surface area contributed by atoms with E-state index < -0.39 is 214 Å². The third-order valence-corrected chi connectivity index (χ3v) is 29.9. The molecule has 13 amide bonds. The van der Waals surface area contributed by atoms with Crippen LogP contribution in [0.1, 0.15) is 244 Å². The van der Waals surface area contributed by atoms with Gasteiger partial charge in [-0.25, -0.2) is 21.8 Å². The van der Waals surface area contributed by atoms with Crippen LogP contribution in [-0.2, 0) is 94.8 Å². The molecule has 0 radical (unpaired) electrons. The van der Waals surface area contributed by atoms with Crippen molar-refractivity contribution in [1.29, 1.82) is 10.8 Å². The zero-order valence-corrected chi connectivity index (χ0v) is 83.4. The number of benzene rings is 3. The van der Waals surface area contributed by atoms with Crippen molar-refractivity contribution in [2.45, 2.75) is 299 Å². The molecule has 0 bridgehead atoms. The van der Waals surface area contributed by atoms with Gasteiger partial charge in [0.15, 0.2) is 31.6 Å². The molecule has 1 aliphatic rings. The molecule has 0 saturated carbocycles. The summed E-state index contributed by atoms with van der Waals surface area (Å²) >= 11 is 0.376. The van der Waals surface area contributed by atoms with Gasteiger partial charge in [-0.3, -0.25) is 73.1 Å². The zero-order chi connectivity index (χ0) is 102. The van der Waals surface area contributed by atoms with Crippen LogP contribution >= 0.6 is 11.8 Å². The van der Waals surface area contributed by atoms with Gasteiger partial charge in [0.2, 0.25) is 76.8 Å². The highest BCUT2D eigenvalue weighted by molar-refractivity contribution is 8.19. The van der Waals surface area contributed by atoms with Crippen molar-refractivity contribution < 1.29 is 89.4 Å². The number of unbranched alkanes of at least 4 members (excludes halogenated alkanes) is 15. The first-order chi connectivity index (χ1) is 65.5. The topological polar surface area (TPSA) is 636 Å². The van der Waals surface area contributed by atoms with Crippen LogP contribution in [0.15, 0.2) is 113 Å². The number of nitrogens with zero attached hydrogens (tertiary/aromatic N) is 3. The molecule has 138 heavy (non-hydrogen) atoms. The Kier molecular flexibility index (Phi) is 51.7. The van der Waals surface area contributed by atoms with Crippen molar-refractivity contribution in [3.05, 3.63) is 136 Å². The average molecular weight is 1990 g/mol. The highest BCUT2D eigenvalue weighted by Crippen LogP contribution is 2.36. The summed E-state index contributed by atoms with van der Waals surface area (Å²) in [5, 5.41) is 68.2. The van der Waals surface area contributed by atoms with Gasteiger partial charge in [0, 0.05) is 88.0 Å². The van der Waals surface area contributed by atoms with E-state index in [2.05, 4.69) is 80.7 Å². The quantitative estimate of drug-likeness (QED) is 0.0171. The first-order valence-corrected chi connectivity index (χ1v) is 51.7. The monoisotopic (exact) mass is 1980 g/mol. The molecule has 1 aromatic heterocycles. The van der Waals surface area contributed by atoms with Crippen LogP contribution in [0.2, 0.25) is 0 Å². The Bertz CT molecular complexity index is 4790. The number of hydrogen-bond donors (Lipinski definition) is 20. The summed E-state index contributed by atoms with van der Waals surface area (Å²) < 4.78 is 53.5. The number of thioether (sulfide) groups is 1. The Morgan fingerprint density at radius 2 is 1.02 bits per heavy atom. The number of hydrogen-bond acceptors (Lipinski definition) is 23. The fourth-order valence-electron chi connectivity index (χ4n) is 15.2. The van der Waals surface area contributed by atoms with Crippen LogP contribution in [0, 0.1) is 10.8 Å². The van der Waals surface area contributed by atoms with Crippen molar-refractivity contribution in [2.75, 3.05) is 64.7 Å². The number of aliphatic hydroxyl groups is 2. The predicted molar refractivity (Wildman–Crippen MR) is 529 cm³/mol. The first kappa shape index (κ1) is 117. The molecule has 43 heteroatoms. The molecule has 0 unspecified atom stereocenters. The number of rotatable bonds is 65. The second-order valence-corrected chi connectivity index (χ2v) is 43.2. The lowest BCUT2D eigenvalue weighted by Gasteiger charge is -2.35. The molecule has 2 heterocycles. The fraction of sp³-hybridized carbons (Fsp3) is 0.600. The number of aromatic nitrogens is 2. The highest BCUT2D eigenvalue weighted by Gasteiger charge is 2.44. The number of nitrogens with one attached hydrogen (secondary N) is 15. The van der Waals surface area contributed by atoms with Crippen molar-refractivity contribution in [3.63, 3.8) is 0 Å². The van der Waals surface area contributed by atoms with E-state index >= 15 is 28.8 Å². The van der Waals surface area contributed by atoms with Gasteiger partial charge >= 0.3 is 0 Å². The van der Waals surface area contributed by atoms with Crippen LogP contribution < -0.4 is 81.0 Å². The standard InChI is InChI=1S/C95H149N21O19S3/c1-9-10-11-12-13-14-15-16-17-18-19-20-21-33-48-102-78(122)59-115(58-75(96)119)80(124)47-32-25-34-49-103-85(125)72(53-65-38-26-22-27-39-65)110-87(127)71(46-36-51-105-93(99)100)109-89(129)74(61-136-81(138(134,135)95(6,7)8)62-137(132,133)94(3,4)5)112-86(126)70(45-35-50-104-92(97)98)108-76(120)55-69-44-37-52-116(69)91(131)84(82(66-40-28-23-29-41-66)67-42-30-24-31-43-67)114-88(128)73(54-68-56-101-63-107-68)111-90(130)83(64(2)118)113-77(121)57-106-79(123)60-117/h22-24,26-31,38-43,56,62-64,69-74,82-84,117-118H,9-21,25,32-37,44-55,57-61H2,1-8H3,(H2,96,119)(H,101,107)(H,102,122)(H,103,125)(H,106,123)(H,108,120)(H,109,129)(H,110,127)(H,111,130)(H,112,126)(H,113,121)(H,114,128)(H4,97,98,104)(H4,99,100,105)/b81-62+/t64-,69+,70+,71+,72+,73+,74+,83+,84+/m1/s1. The van der Waals surface area contributed by atoms with Crippen molar-refractivity contribution in [2.24, 2.45) is 17.2 Å². The van der Waals surface area contributed by atoms with Gasteiger partial charge in [0.1, 0.15) is 59.7 Å². The number of aliphatic hydroxyl groups excluding tert-OH is 2. The van der Waals surface area contributed by atoms with Crippen LogP contribution in [-0.4, -0.2) is 264 Å². The van der Waals surface area contributed by atoms with Gasteiger partial charge < -0.3 is 106 Å². The number of guanidine groups is 2. The maximum absolute atomic E-state index is 16.0. The Hall–Kier alpha value is -11.6. The third-order valence-electron chi connectivity index (χ3n) is 23.2. The maximum atomic E-state index is 16.0. The molecule has 23 N–H and O–H groups in total. The summed E-state index contributed by atoms with van der Waals surface area (Å²) in [4.78, 5) is 194. The van der Waals surface area contributed by atoms with Gasteiger partial charge in [0.25, 0.3) is 0 Å². The van der Waals surface area contributed by atoms with Crippen LogP contribution in [0.3, 0.4) is 0 Å². The maximum Gasteiger partial charge on any atom is 0.246 e. The third kappa shape index (κ3) is 42.8. The number of aromatic amines is 1. The van der Waals surface area contributed by atoms with Gasteiger partial charge in [-0.2, -0.15) is 0 Å². The van der Waals surface area contributed by atoms with E-state index in [-0.39, 0.29) is 90.5 Å². The van der Waals surface area contributed by atoms with E-state index in [1.54, 1.807) is 91.0 Å². The number of amides is 13. The minimum absolute atomic E-state index is 0.00000375. The van der Waals surface area contributed by atoms with Crippen LogP contribution in [0.25, 0.3) is 0 Å². The van der Waals surface area contributed by atoms with Crippen LogP contribution in [0.4, 0.5) is 0 Å². The lowest BCUT2D eigenvalue weighted by atomic mass is 9.84. The number of H-pyrrole nitrogens is 1. The Balaban J connectivity index is 1.45. The minimum Gasteiger partial charge on any atom is -0.391 e. The number of imidazole rings is 1. The van der Waals surface area contributed by atoms with Gasteiger partial charge in [0.05, 0.1) is 40.4 Å². The molecule has 3 aromatic carbocycles. The summed E-state index contributed by atoms with van der Waals surface area (Å²) in [6, 6.07) is 13.5. The predicted octanol–water partition coefficient (Wildman–Crippen LogP) is 3.36. The van der Waals surface area contributed by atoms with Crippen molar-refractivity contribution in [3.8, 4) is 0 Å². The molecular weight excluding hydrogens is 1840 g/mol. The number of sulfone groups is 2. The lowest BCUT2D eigenvalue weighted by molar-refractivity contribution is -0.139. The second kappa shape index (κ2) is 61.0. The molecule has 766 valence electrons. The van der Waals surface area contributed by atoms with Crippen molar-refractivity contribution >= 4 is 120 Å². The van der Waals surface area contributed by atoms with Gasteiger partial charge in [-0.15, -0.1) is 11.8 Å². The molecule has 9 atom stereocenters. The molecule has 5 rings (SSSR count). The highest BCUT2D eigenvalue weighted by atomic mass is 32.3. The Morgan fingerprint density at radius 1 is 0.536 bits per heavy atom. The largest absolute Gasteiger partial charge is 0.391 e. The number of nitrogens with two attached hydrogens (primary N) is 3. The SMILES string of the molecule is CCCCCCCCCCCCCCCCNC(=O)CN(CC(N)=O)C(=O)CCCCCNC(=O)[C@H](Cc1ccccc1)NC(=O)[C@H](CCCNC(=N)N)NC(=O)[C@H](CS/C(=C\S(=O)(=O)C(C)(C)C)S(=O)(=O)C(C)(C)C)NC(=O)[C@H](CCCNC(=N)N)NC(=O)C[C@@H]1CCCN1C(=O)[C@@H](NC(=O)[C@H](Cc1cnc[nH]1)NC(=O)[C@@H](NC(=O)CNC(=O)CO)[C@@H](C)O)C(c1ccccc1)c1ccccc1. The molecule has 1 saturated heterocycles. The summed E-state index contributed by atoms with van der Waals surface area (Å²) in [6.45, 7) is 9.29. The van der Waals surface area contributed by atoms with Gasteiger partial charge in [-0.05, 0) is 123 Å². The Labute approximate surface area is 815 Å². The molecule has 4 aromatic rings. The number of carbonyl (C=O) groups is 13. The Morgan fingerprint density at radius 3 is 1.54 bits per heavy atom. The number of likely N-dealkylation sites (tertiary alicyclic amines) is 1. The summed E-state index contributed by atoms with van der Waals surface area (Å²) in [7, 11) is -9.11. The van der Waals surface area contributed by atoms with E-state index in [0.29, 0.717) is 65.4 Å². The average Bonchev–Trinajstić information content (AvgIpc) is 1.22. The number of carbonyl (C=O) groups excluding carboxylic acids is 13. The van der Waals surface area contributed by atoms with Gasteiger partial charge in [-0.1, -0.05) is 188 Å². The summed E-state index contributed by atoms with van der Waals surface area (Å²) in [6.07, 6.45) is 17.6. The molecule has 1 fully saturated rings. The molecule has 0 aliphatic carbocycles. The van der Waals surface area contributed by atoms with E-state index in [9.17, 15) is 60.6 Å². The van der Waals surface area contributed by atoms with Crippen LogP contribution in [0.5, 0.6) is 0 Å². The van der Waals surface area contributed by atoms with E-state index in [1.807, 2.05) is 0 Å². The van der Waals surface area contributed by atoms with E-state index in [1.165, 1.54) is 130 Å². The van der Waals surface area contributed by atoms with E-state index in [0.717, 1.165) is 30.6 Å². The number of primary amides is 1. The first-order valence-electron chi connectivity index (χ1n) is 47.6. The fourth-order valence-corrected chi connectivity index (χ4v) is 20.1. The van der Waals surface area contributed by atoms with E-state index in [4.69, 9.17) is 28.0 Å². The minimum atomic E-state index is -4.65. The van der Waals surface area contributed by atoms with Crippen molar-refractivity contribution in [1.82, 2.24) is 83.6 Å². The second-order valence-electron chi connectivity index (χ2n) is 36.6. The molecular formula is C95H149N21O19S3. The summed E-state index contributed by atoms with van der Waals surface area (Å²) in [5.74, 6) is -13.6. The molecule has 1 aliphatic heterocycles. The molecule has 40 nitrogen and oxygen atoms in total. The smallest absolute Gasteiger partial charge is 0.246 e. The summed E-state index contributed by atoms with van der Waals surface area (Å²) in [5.41, 5.74) is 18.8. The lowest BCUT2D eigenvalue weighted by Crippen LogP contribution is -2.61. The normalized spacial score (nSPS) is 14.6. The zero-order valence-electron chi connectivity index (χ0n) is 81.0.